The minimum Gasteiger partial charge on any atom is -0.444 e. The molecule has 34 heavy (non-hydrogen) atoms. The van der Waals surface area contributed by atoms with E-state index in [1.165, 1.54) is 0 Å². The Morgan fingerprint density at radius 3 is 2.62 bits per heavy atom. The SMILES string of the molecule is CCN(C=O)c1cccc(Cn2ncc3c(N4CCN(C(=O)OC(C)(C)C)CC4)ncnc32)c1. The maximum absolute atomic E-state index is 12.4. The van der Waals surface area contributed by atoms with Crippen molar-refractivity contribution in [2.24, 2.45) is 0 Å². The Hall–Kier alpha value is -3.69. The highest BCUT2D eigenvalue weighted by atomic mass is 16.6. The van der Waals surface area contributed by atoms with Gasteiger partial charge in [0.25, 0.3) is 0 Å². The lowest BCUT2D eigenvalue weighted by atomic mass is 10.2. The number of benzene rings is 1. The van der Waals surface area contributed by atoms with E-state index >= 15 is 0 Å². The van der Waals surface area contributed by atoms with Crippen LogP contribution in [0.2, 0.25) is 0 Å². The molecule has 10 heteroatoms. The third-order valence-electron chi connectivity index (χ3n) is 5.69. The lowest BCUT2D eigenvalue weighted by Crippen LogP contribution is -2.50. The normalized spacial score (nSPS) is 14.4. The molecule has 3 aromatic rings. The van der Waals surface area contributed by atoms with Gasteiger partial charge in [-0.3, -0.25) is 4.79 Å². The van der Waals surface area contributed by atoms with Gasteiger partial charge in [-0.25, -0.2) is 19.4 Å². The molecule has 2 amide bonds. The molecular weight excluding hydrogens is 434 g/mol. The van der Waals surface area contributed by atoms with E-state index in [0.29, 0.717) is 39.3 Å². The Balaban J connectivity index is 1.49. The molecule has 1 aliphatic rings. The van der Waals surface area contributed by atoms with Crippen molar-refractivity contribution < 1.29 is 14.3 Å². The third kappa shape index (κ3) is 5.11. The van der Waals surface area contributed by atoms with E-state index in [2.05, 4.69) is 20.0 Å². The van der Waals surface area contributed by atoms with Crippen molar-refractivity contribution in [3.8, 4) is 0 Å². The molecule has 1 aromatic carbocycles. The van der Waals surface area contributed by atoms with Crippen molar-refractivity contribution >= 4 is 35.0 Å². The molecule has 0 bridgehead atoms. The Morgan fingerprint density at radius 2 is 1.94 bits per heavy atom. The summed E-state index contributed by atoms with van der Waals surface area (Å²) in [5.74, 6) is 0.812. The zero-order valence-corrected chi connectivity index (χ0v) is 20.1. The zero-order valence-electron chi connectivity index (χ0n) is 20.1. The molecular formula is C24H31N7O3. The van der Waals surface area contributed by atoms with E-state index in [4.69, 9.17) is 4.74 Å². The van der Waals surface area contributed by atoms with Crippen LogP contribution in [0, 0.1) is 0 Å². The predicted molar refractivity (Wildman–Crippen MR) is 130 cm³/mol. The number of aromatic nitrogens is 4. The number of rotatable bonds is 6. The van der Waals surface area contributed by atoms with Crippen LogP contribution in [0.3, 0.4) is 0 Å². The van der Waals surface area contributed by atoms with Crippen molar-refractivity contribution in [1.29, 1.82) is 0 Å². The van der Waals surface area contributed by atoms with Crippen LogP contribution in [0.25, 0.3) is 11.0 Å². The summed E-state index contributed by atoms with van der Waals surface area (Å²) in [5, 5.41) is 5.43. The predicted octanol–water partition coefficient (Wildman–Crippen LogP) is 2.91. The van der Waals surface area contributed by atoms with Crippen LogP contribution < -0.4 is 9.80 Å². The van der Waals surface area contributed by atoms with Gasteiger partial charge in [0.1, 0.15) is 17.7 Å². The first-order valence-corrected chi connectivity index (χ1v) is 11.5. The van der Waals surface area contributed by atoms with Gasteiger partial charge in [0, 0.05) is 38.4 Å². The Morgan fingerprint density at radius 1 is 1.18 bits per heavy atom. The van der Waals surface area contributed by atoms with Gasteiger partial charge < -0.3 is 19.4 Å². The number of piperazine rings is 1. The van der Waals surface area contributed by atoms with Crippen molar-refractivity contribution in [1.82, 2.24) is 24.6 Å². The maximum atomic E-state index is 12.4. The molecule has 1 saturated heterocycles. The van der Waals surface area contributed by atoms with Gasteiger partial charge in [-0.2, -0.15) is 5.10 Å². The molecule has 2 aromatic heterocycles. The monoisotopic (exact) mass is 465 g/mol. The first kappa shape index (κ1) is 23.5. The molecule has 10 nitrogen and oxygen atoms in total. The van der Waals surface area contributed by atoms with Gasteiger partial charge >= 0.3 is 6.09 Å². The molecule has 1 aliphatic heterocycles. The van der Waals surface area contributed by atoms with E-state index in [-0.39, 0.29) is 6.09 Å². The average molecular weight is 466 g/mol. The second kappa shape index (κ2) is 9.66. The number of fused-ring (bicyclic) bond motifs is 1. The fourth-order valence-electron chi connectivity index (χ4n) is 4.00. The summed E-state index contributed by atoms with van der Waals surface area (Å²) in [7, 11) is 0. The quantitative estimate of drug-likeness (QED) is 0.517. The topological polar surface area (TPSA) is 96.7 Å². The number of carbonyl (C=O) groups excluding carboxylic acids is 2. The van der Waals surface area contributed by atoms with Gasteiger partial charge in [-0.05, 0) is 45.4 Å². The first-order chi connectivity index (χ1) is 16.3. The van der Waals surface area contributed by atoms with E-state index < -0.39 is 5.60 Å². The number of amides is 2. The third-order valence-corrected chi connectivity index (χ3v) is 5.69. The second-order valence-electron chi connectivity index (χ2n) is 9.25. The molecule has 180 valence electrons. The smallest absolute Gasteiger partial charge is 0.410 e. The zero-order chi connectivity index (χ0) is 24.3. The van der Waals surface area contributed by atoms with Gasteiger partial charge in [0.05, 0.1) is 18.1 Å². The van der Waals surface area contributed by atoms with Crippen molar-refractivity contribution in [3.63, 3.8) is 0 Å². The molecule has 1 fully saturated rings. The molecule has 0 atom stereocenters. The fourth-order valence-corrected chi connectivity index (χ4v) is 4.00. The van der Waals surface area contributed by atoms with E-state index in [0.717, 1.165) is 34.5 Å². The minimum absolute atomic E-state index is 0.286. The van der Waals surface area contributed by atoms with E-state index in [1.807, 2.05) is 56.6 Å². The Kier molecular flexibility index (Phi) is 6.67. The number of hydrogen-bond acceptors (Lipinski definition) is 7. The van der Waals surface area contributed by atoms with Crippen LogP contribution in [0.5, 0.6) is 0 Å². The molecule has 0 unspecified atom stereocenters. The number of anilines is 2. The molecule has 0 N–H and O–H groups in total. The highest BCUT2D eigenvalue weighted by molar-refractivity contribution is 5.87. The van der Waals surface area contributed by atoms with Crippen LogP contribution in [0.4, 0.5) is 16.3 Å². The molecule has 4 rings (SSSR count). The second-order valence-corrected chi connectivity index (χ2v) is 9.25. The summed E-state index contributed by atoms with van der Waals surface area (Å²) in [4.78, 5) is 38.2. The van der Waals surface area contributed by atoms with Gasteiger partial charge in [0.2, 0.25) is 6.41 Å². The highest BCUT2D eigenvalue weighted by Crippen LogP contribution is 2.25. The van der Waals surface area contributed by atoms with Gasteiger partial charge in [-0.15, -0.1) is 0 Å². The molecule has 0 aliphatic carbocycles. The lowest BCUT2D eigenvalue weighted by molar-refractivity contribution is -0.107. The molecule has 0 spiro atoms. The highest BCUT2D eigenvalue weighted by Gasteiger charge is 2.27. The van der Waals surface area contributed by atoms with Gasteiger partial charge in [0.15, 0.2) is 5.65 Å². The molecule has 0 radical (unpaired) electrons. The summed E-state index contributed by atoms with van der Waals surface area (Å²) in [5.41, 5.74) is 2.11. The van der Waals surface area contributed by atoms with Crippen LogP contribution in [0.15, 0.2) is 36.8 Å². The van der Waals surface area contributed by atoms with E-state index in [1.54, 1.807) is 22.3 Å². The summed E-state index contributed by atoms with van der Waals surface area (Å²) < 4.78 is 7.33. The number of hydrogen-bond donors (Lipinski definition) is 0. The van der Waals surface area contributed by atoms with Crippen LogP contribution in [0.1, 0.15) is 33.3 Å². The van der Waals surface area contributed by atoms with Gasteiger partial charge in [-0.1, -0.05) is 12.1 Å². The van der Waals surface area contributed by atoms with Crippen LogP contribution in [-0.4, -0.2) is 75.5 Å². The summed E-state index contributed by atoms with van der Waals surface area (Å²) in [6.07, 6.45) is 3.90. The summed E-state index contributed by atoms with van der Waals surface area (Å²) in [6.45, 7) is 11.1. The van der Waals surface area contributed by atoms with E-state index in [9.17, 15) is 9.59 Å². The number of carbonyl (C=O) groups is 2. The standard InChI is InChI=1S/C24H31N7O3/c1-5-28(17-32)19-8-6-7-18(13-19)15-31-22-20(14-27-31)21(25-16-26-22)29-9-11-30(12-10-29)23(33)34-24(2,3)4/h6-8,13-14,16-17H,5,9-12,15H2,1-4H3. The van der Waals surface area contributed by atoms with Crippen molar-refractivity contribution in [2.45, 2.75) is 39.8 Å². The van der Waals surface area contributed by atoms with Crippen molar-refractivity contribution in [2.75, 3.05) is 42.5 Å². The number of nitrogens with zero attached hydrogens (tertiary/aromatic N) is 7. The Labute approximate surface area is 199 Å². The molecule has 0 saturated carbocycles. The first-order valence-electron chi connectivity index (χ1n) is 11.5. The molecule has 3 heterocycles. The van der Waals surface area contributed by atoms with Crippen LogP contribution in [-0.2, 0) is 16.1 Å². The largest absolute Gasteiger partial charge is 0.444 e. The van der Waals surface area contributed by atoms with Crippen LogP contribution >= 0.6 is 0 Å². The summed E-state index contributed by atoms with van der Waals surface area (Å²) >= 11 is 0. The fraction of sp³-hybridized carbons (Fsp3) is 0.458. The lowest BCUT2D eigenvalue weighted by Gasteiger charge is -2.36. The average Bonchev–Trinajstić information content (AvgIpc) is 3.22. The summed E-state index contributed by atoms with van der Waals surface area (Å²) in [6, 6.07) is 7.85. The number of ether oxygens (including phenoxy) is 1. The maximum Gasteiger partial charge on any atom is 0.410 e. The van der Waals surface area contributed by atoms with Crippen molar-refractivity contribution in [3.05, 3.63) is 42.4 Å². The Bertz CT molecular complexity index is 1160. The minimum atomic E-state index is -0.511.